The molecule has 3 rings (SSSR count). The summed E-state index contributed by atoms with van der Waals surface area (Å²) >= 11 is 1.69. The number of carbonyl (C=O) groups is 1. The van der Waals surface area contributed by atoms with Crippen LogP contribution >= 0.6 is 11.8 Å². The Hall–Kier alpha value is -1.89. The van der Waals surface area contributed by atoms with Crippen LogP contribution in [0.2, 0.25) is 0 Å². The number of hydrogen-bond donors (Lipinski definition) is 3. The average molecular weight is 399 g/mol. The highest BCUT2D eigenvalue weighted by atomic mass is 32.2. The SMILES string of the molecule is CSc1ccc(C(Cc2ccncc2)(NCCC2CCNCC2)C(N)=O)cc1. The zero-order valence-electron chi connectivity index (χ0n) is 16.5. The molecule has 1 aliphatic heterocycles. The van der Waals surface area contributed by atoms with Crippen LogP contribution in [0.1, 0.15) is 30.4 Å². The maximum atomic E-state index is 12.8. The van der Waals surface area contributed by atoms with Crippen LogP contribution in [0.3, 0.4) is 0 Å². The van der Waals surface area contributed by atoms with E-state index in [9.17, 15) is 4.79 Å². The van der Waals surface area contributed by atoms with Gasteiger partial charge in [-0.25, -0.2) is 0 Å². The summed E-state index contributed by atoms with van der Waals surface area (Å²) in [5, 5.41) is 6.97. The molecule has 2 aromatic rings. The molecule has 1 unspecified atom stereocenters. The molecule has 1 fully saturated rings. The van der Waals surface area contributed by atoms with E-state index in [0.29, 0.717) is 12.3 Å². The zero-order chi connectivity index (χ0) is 19.8. The average Bonchev–Trinajstić information content (AvgIpc) is 2.74. The summed E-state index contributed by atoms with van der Waals surface area (Å²) in [5.74, 6) is 0.352. The lowest BCUT2D eigenvalue weighted by atomic mass is 9.82. The van der Waals surface area contributed by atoms with E-state index < -0.39 is 5.54 Å². The molecule has 0 aliphatic carbocycles. The molecular formula is C22H30N4OS. The summed E-state index contributed by atoms with van der Waals surface area (Å²) in [6.07, 6.45) is 9.51. The summed E-state index contributed by atoms with van der Waals surface area (Å²) in [6, 6.07) is 12.0. The van der Waals surface area contributed by atoms with E-state index in [4.69, 9.17) is 5.73 Å². The second-order valence-corrected chi connectivity index (χ2v) is 8.32. The van der Waals surface area contributed by atoms with E-state index in [1.54, 1.807) is 24.2 Å². The van der Waals surface area contributed by atoms with Gasteiger partial charge in [0.05, 0.1) is 0 Å². The number of aromatic nitrogens is 1. The second kappa shape index (κ2) is 10.0. The number of pyridine rings is 1. The van der Waals surface area contributed by atoms with Gasteiger partial charge in [-0.05, 0) is 86.5 Å². The monoisotopic (exact) mass is 398 g/mol. The lowest BCUT2D eigenvalue weighted by Crippen LogP contribution is -2.54. The van der Waals surface area contributed by atoms with Gasteiger partial charge in [0, 0.05) is 23.7 Å². The fourth-order valence-electron chi connectivity index (χ4n) is 3.93. The van der Waals surface area contributed by atoms with Crippen LogP contribution in [-0.2, 0) is 16.8 Å². The number of benzene rings is 1. The molecule has 150 valence electrons. The van der Waals surface area contributed by atoms with Crippen LogP contribution in [0.5, 0.6) is 0 Å². The van der Waals surface area contributed by atoms with Crippen LogP contribution < -0.4 is 16.4 Å². The Balaban J connectivity index is 1.84. The quantitative estimate of drug-likeness (QED) is 0.566. The number of nitrogens with two attached hydrogens (primary N) is 1. The number of primary amides is 1. The molecule has 0 bridgehead atoms. The van der Waals surface area contributed by atoms with Crippen LogP contribution in [0.15, 0.2) is 53.7 Å². The first-order chi connectivity index (χ1) is 13.6. The zero-order valence-corrected chi connectivity index (χ0v) is 17.3. The lowest BCUT2D eigenvalue weighted by Gasteiger charge is -2.34. The van der Waals surface area contributed by atoms with Crippen LogP contribution in [0.25, 0.3) is 0 Å². The normalized spacial score (nSPS) is 17.2. The molecule has 1 amide bonds. The molecule has 1 atom stereocenters. The Morgan fingerprint density at radius 2 is 1.89 bits per heavy atom. The molecule has 2 heterocycles. The van der Waals surface area contributed by atoms with Crippen molar-refractivity contribution in [2.75, 3.05) is 25.9 Å². The van der Waals surface area contributed by atoms with Gasteiger partial charge in [0.1, 0.15) is 5.54 Å². The van der Waals surface area contributed by atoms with Crippen molar-refractivity contribution in [3.05, 3.63) is 59.9 Å². The van der Waals surface area contributed by atoms with Crippen molar-refractivity contribution >= 4 is 17.7 Å². The van der Waals surface area contributed by atoms with Crippen molar-refractivity contribution in [1.82, 2.24) is 15.6 Å². The number of piperidine rings is 1. The van der Waals surface area contributed by atoms with Gasteiger partial charge in [0.2, 0.25) is 5.91 Å². The van der Waals surface area contributed by atoms with E-state index in [-0.39, 0.29) is 5.91 Å². The van der Waals surface area contributed by atoms with Gasteiger partial charge < -0.3 is 11.1 Å². The smallest absolute Gasteiger partial charge is 0.242 e. The first-order valence-electron chi connectivity index (χ1n) is 9.93. The third kappa shape index (κ3) is 5.13. The Bertz CT molecular complexity index is 747. The minimum absolute atomic E-state index is 0.341. The molecule has 28 heavy (non-hydrogen) atoms. The molecule has 5 nitrogen and oxygen atoms in total. The summed E-state index contributed by atoms with van der Waals surface area (Å²) in [7, 11) is 0. The van der Waals surface area contributed by atoms with Gasteiger partial charge in [0.25, 0.3) is 0 Å². The first kappa shape index (κ1) is 20.8. The molecule has 0 radical (unpaired) electrons. The molecule has 0 spiro atoms. The number of thioether (sulfide) groups is 1. The number of hydrogen-bond acceptors (Lipinski definition) is 5. The van der Waals surface area contributed by atoms with Gasteiger partial charge in [-0.15, -0.1) is 11.8 Å². The first-order valence-corrected chi connectivity index (χ1v) is 11.2. The third-order valence-corrected chi connectivity index (χ3v) is 6.40. The molecule has 1 aromatic heterocycles. The fourth-order valence-corrected chi connectivity index (χ4v) is 4.33. The maximum Gasteiger partial charge on any atom is 0.242 e. The largest absolute Gasteiger partial charge is 0.368 e. The Kier molecular flexibility index (Phi) is 7.48. The van der Waals surface area contributed by atoms with Crippen molar-refractivity contribution in [2.24, 2.45) is 11.7 Å². The fraction of sp³-hybridized carbons (Fsp3) is 0.455. The third-order valence-electron chi connectivity index (χ3n) is 5.66. The highest BCUT2D eigenvalue weighted by Gasteiger charge is 2.38. The number of amides is 1. The Labute approximate surface area is 171 Å². The van der Waals surface area contributed by atoms with E-state index in [2.05, 4.69) is 27.8 Å². The van der Waals surface area contributed by atoms with Crippen LogP contribution in [0, 0.1) is 5.92 Å². The van der Waals surface area contributed by atoms with E-state index in [0.717, 1.165) is 37.2 Å². The summed E-state index contributed by atoms with van der Waals surface area (Å²) in [4.78, 5) is 18.1. The highest BCUT2D eigenvalue weighted by molar-refractivity contribution is 7.98. The highest BCUT2D eigenvalue weighted by Crippen LogP contribution is 2.28. The lowest BCUT2D eigenvalue weighted by molar-refractivity contribution is -0.124. The van der Waals surface area contributed by atoms with Gasteiger partial charge in [-0.1, -0.05) is 12.1 Å². The molecule has 6 heteroatoms. The van der Waals surface area contributed by atoms with Gasteiger partial charge in [0.15, 0.2) is 0 Å². The Morgan fingerprint density at radius 1 is 1.21 bits per heavy atom. The number of rotatable bonds is 9. The molecule has 4 N–H and O–H groups in total. The van der Waals surface area contributed by atoms with Crippen LogP contribution in [-0.4, -0.2) is 36.8 Å². The summed E-state index contributed by atoms with van der Waals surface area (Å²) < 4.78 is 0. The van der Waals surface area contributed by atoms with E-state index >= 15 is 0 Å². The van der Waals surface area contributed by atoms with Crippen molar-refractivity contribution < 1.29 is 4.79 Å². The van der Waals surface area contributed by atoms with E-state index in [1.165, 1.54) is 17.7 Å². The van der Waals surface area contributed by atoms with Gasteiger partial charge in [-0.3, -0.25) is 15.1 Å². The van der Waals surface area contributed by atoms with Crippen molar-refractivity contribution in [3.8, 4) is 0 Å². The van der Waals surface area contributed by atoms with Crippen LogP contribution in [0.4, 0.5) is 0 Å². The standard InChI is InChI=1S/C22H30N4OS/c1-28-20-4-2-19(3-5-20)22(21(23)27,16-18-8-13-25-14-9-18)26-15-10-17-6-11-24-12-7-17/h2-5,8-9,13-14,17,24,26H,6-7,10-12,15-16H2,1H3,(H2,23,27). The molecule has 1 aromatic carbocycles. The molecule has 0 saturated carbocycles. The van der Waals surface area contributed by atoms with Gasteiger partial charge >= 0.3 is 0 Å². The van der Waals surface area contributed by atoms with Crippen molar-refractivity contribution in [1.29, 1.82) is 0 Å². The molecular weight excluding hydrogens is 368 g/mol. The second-order valence-electron chi connectivity index (χ2n) is 7.44. The van der Waals surface area contributed by atoms with Crippen molar-refractivity contribution in [2.45, 2.75) is 36.1 Å². The Morgan fingerprint density at radius 3 is 2.50 bits per heavy atom. The topological polar surface area (TPSA) is 80.0 Å². The minimum Gasteiger partial charge on any atom is -0.368 e. The summed E-state index contributed by atoms with van der Waals surface area (Å²) in [6.45, 7) is 2.93. The predicted molar refractivity (Wildman–Crippen MR) is 115 cm³/mol. The maximum absolute atomic E-state index is 12.8. The molecule has 1 aliphatic rings. The summed E-state index contributed by atoms with van der Waals surface area (Å²) in [5.41, 5.74) is 7.04. The molecule has 1 saturated heterocycles. The number of nitrogens with one attached hydrogen (secondary N) is 2. The van der Waals surface area contributed by atoms with Gasteiger partial charge in [-0.2, -0.15) is 0 Å². The van der Waals surface area contributed by atoms with Crippen molar-refractivity contribution in [3.63, 3.8) is 0 Å². The predicted octanol–water partition coefficient (Wildman–Crippen LogP) is 2.71. The number of nitrogens with zero attached hydrogens (tertiary/aromatic N) is 1. The minimum atomic E-state index is -0.925. The number of carbonyl (C=O) groups excluding carboxylic acids is 1. The van der Waals surface area contributed by atoms with E-state index in [1.807, 2.05) is 30.5 Å².